The van der Waals surface area contributed by atoms with Crippen LogP contribution in [0.25, 0.3) is 0 Å². The van der Waals surface area contributed by atoms with Crippen molar-refractivity contribution in [2.24, 2.45) is 5.92 Å². The van der Waals surface area contributed by atoms with Crippen LogP contribution in [-0.4, -0.2) is 34.0 Å². The molecule has 19 heavy (non-hydrogen) atoms. The van der Waals surface area contributed by atoms with E-state index in [1.807, 2.05) is 6.08 Å². The minimum atomic E-state index is 0.378. The molecule has 5 heteroatoms. The Labute approximate surface area is 122 Å². The zero-order valence-corrected chi connectivity index (χ0v) is 12.6. The smallest absolute Gasteiger partial charge is 0.221 e. The lowest BCUT2D eigenvalue weighted by molar-refractivity contribution is 0.0960. The quantitative estimate of drug-likeness (QED) is 0.670. The van der Waals surface area contributed by atoms with Gasteiger partial charge in [-0.2, -0.15) is 0 Å². The third-order valence-electron chi connectivity index (χ3n) is 4.33. The van der Waals surface area contributed by atoms with Gasteiger partial charge in [0.15, 0.2) is 0 Å². The fraction of sp³-hybridized carbons (Fsp3) is 0.571. The summed E-state index contributed by atoms with van der Waals surface area (Å²) in [6, 6.07) is 0.600. The number of hydrogen-bond donors (Lipinski definition) is 1. The predicted molar refractivity (Wildman–Crippen MR) is 79.8 cm³/mol. The minimum absolute atomic E-state index is 0.378. The van der Waals surface area contributed by atoms with E-state index in [0.29, 0.717) is 17.9 Å². The van der Waals surface area contributed by atoms with Crippen molar-refractivity contribution in [1.29, 1.82) is 0 Å². The first-order valence-electron chi connectivity index (χ1n) is 6.84. The molecular weight excluding hydrogens is 304 g/mol. The fourth-order valence-corrected chi connectivity index (χ4v) is 4.06. The van der Waals surface area contributed by atoms with Gasteiger partial charge in [0.2, 0.25) is 5.95 Å². The van der Waals surface area contributed by atoms with E-state index in [0.717, 1.165) is 29.7 Å². The molecule has 1 aliphatic heterocycles. The molecule has 1 aromatic rings. The molecule has 0 aromatic carbocycles. The summed E-state index contributed by atoms with van der Waals surface area (Å²) < 4.78 is 0.873. The lowest BCUT2D eigenvalue weighted by atomic mass is 9.77. The standard InChI is InChI=1S/C14H19BrN4/c1-2-5-19-6-3-4-9-7-11-10(8-12(9)19)13(15)18-14(16)17-11/h2,9,12H,1,3-8H2,(H2,16,17,18)/t9-,12-/m0/s1. The lowest BCUT2D eigenvalue weighted by Crippen LogP contribution is -2.49. The number of anilines is 1. The van der Waals surface area contributed by atoms with Gasteiger partial charge >= 0.3 is 0 Å². The zero-order valence-electron chi connectivity index (χ0n) is 11.0. The summed E-state index contributed by atoms with van der Waals surface area (Å²) >= 11 is 3.54. The minimum Gasteiger partial charge on any atom is -0.368 e. The van der Waals surface area contributed by atoms with E-state index in [9.17, 15) is 0 Å². The van der Waals surface area contributed by atoms with Crippen LogP contribution in [0.5, 0.6) is 0 Å². The van der Waals surface area contributed by atoms with Gasteiger partial charge in [0.1, 0.15) is 4.60 Å². The highest BCUT2D eigenvalue weighted by atomic mass is 79.9. The first-order chi connectivity index (χ1) is 9.19. The number of nitrogens with zero attached hydrogens (tertiary/aromatic N) is 3. The van der Waals surface area contributed by atoms with Gasteiger partial charge in [0, 0.05) is 18.2 Å². The molecule has 1 saturated heterocycles. The molecule has 0 bridgehead atoms. The Balaban J connectivity index is 1.93. The second-order valence-electron chi connectivity index (χ2n) is 5.46. The summed E-state index contributed by atoms with van der Waals surface area (Å²) in [7, 11) is 0. The van der Waals surface area contributed by atoms with Crippen molar-refractivity contribution in [1.82, 2.24) is 14.9 Å². The molecule has 3 rings (SSSR count). The van der Waals surface area contributed by atoms with Crippen LogP contribution in [0, 0.1) is 5.92 Å². The van der Waals surface area contributed by atoms with Crippen LogP contribution in [0.2, 0.25) is 0 Å². The van der Waals surface area contributed by atoms with E-state index in [1.54, 1.807) is 0 Å². The molecule has 1 aliphatic carbocycles. The number of fused-ring (bicyclic) bond motifs is 2. The molecule has 2 heterocycles. The highest BCUT2D eigenvalue weighted by Crippen LogP contribution is 2.36. The molecule has 2 aliphatic rings. The van der Waals surface area contributed by atoms with Crippen molar-refractivity contribution in [3.8, 4) is 0 Å². The Morgan fingerprint density at radius 2 is 2.26 bits per heavy atom. The van der Waals surface area contributed by atoms with Crippen LogP contribution in [0.3, 0.4) is 0 Å². The van der Waals surface area contributed by atoms with E-state index < -0.39 is 0 Å². The van der Waals surface area contributed by atoms with Crippen molar-refractivity contribution in [3.05, 3.63) is 28.5 Å². The monoisotopic (exact) mass is 322 g/mol. The highest BCUT2D eigenvalue weighted by Gasteiger charge is 2.36. The number of hydrogen-bond acceptors (Lipinski definition) is 4. The number of halogens is 1. The first kappa shape index (κ1) is 13.1. The molecule has 2 N–H and O–H groups in total. The molecule has 0 spiro atoms. The van der Waals surface area contributed by atoms with E-state index in [1.165, 1.54) is 24.9 Å². The van der Waals surface area contributed by atoms with E-state index in [4.69, 9.17) is 5.73 Å². The Bertz CT molecular complexity index is 502. The van der Waals surface area contributed by atoms with Crippen molar-refractivity contribution in [3.63, 3.8) is 0 Å². The molecule has 0 amide bonds. The highest BCUT2D eigenvalue weighted by molar-refractivity contribution is 9.10. The second kappa shape index (κ2) is 5.21. The van der Waals surface area contributed by atoms with Crippen molar-refractivity contribution in [2.45, 2.75) is 31.7 Å². The van der Waals surface area contributed by atoms with E-state index in [2.05, 4.69) is 37.4 Å². The van der Waals surface area contributed by atoms with Gasteiger partial charge in [-0.05, 0) is 54.1 Å². The normalized spacial score (nSPS) is 26.6. The molecule has 0 saturated carbocycles. The maximum absolute atomic E-state index is 5.75. The van der Waals surface area contributed by atoms with Gasteiger partial charge in [0.25, 0.3) is 0 Å². The van der Waals surface area contributed by atoms with Gasteiger partial charge in [0.05, 0.1) is 5.69 Å². The van der Waals surface area contributed by atoms with Gasteiger partial charge in [-0.25, -0.2) is 9.97 Å². The van der Waals surface area contributed by atoms with Crippen LogP contribution in [0.15, 0.2) is 17.3 Å². The van der Waals surface area contributed by atoms with Crippen LogP contribution in [-0.2, 0) is 12.8 Å². The number of likely N-dealkylation sites (tertiary alicyclic amines) is 1. The molecule has 2 atom stereocenters. The number of nitrogen functional groups attached to an aromatic ring is 1. The van der Waals surface area contributed by atoms with Gasteiger partial charge in [-0.1, -0.05) is 6.08 Å². The lowest BCUT2D eigenvalue weighted by Gasteiger charge is -2.44. The summed E-state index contributed by atoms with van der Waals surface area (Å²) in [5.74, 6) is 1.07. The van der Waals surface area contributed by atoms with Crippen molar-refractivity contribution < 1.29 is 0 Å². The van der Waals surface area contributed by atoms with E-state index >= 15 is 0 Å². The number of nitrogens with two attached hydrogens (primary N) is 1. The second-order valence-corrected chi connectivity index (χ2v) is 6.21. The Kier molecular flexibility index (Phi) is 3.58. The number of aromatic nitrogens is 2. The largest absolute Gasteiger partial charge is 0.368 e. The molecule has 1 aromatic heterocycles. The van der Waals surface area contributed by atoms with E-state index in [-0.39, 0.29) is 0 Å². The predicted octanol–water partition coefficient (Wildman–Crippen LogP) is 2.19. The van der Waals surface area contributed by atoms with Crippen molar-refractivity contribution >= 4 is 21.9 Å². The summed E-state index contributed by atoms with van der Waals surface area (Å²) in [6.07, 6.45) is 6.62. The summed E-state index contributed by atoms with van der Waals surface area (Å²) in [4.78, 5) is 11.2. The third-order valence-corrected chi connectivity index (χ3v) is 4.98. The summed E-state index contributed by atoms with van der Waals surface area (Å²) in [6.45, 7) is 6.03. The average Bonchev–Trinajstić information content (AvgIpc) is 2.37. The summed E-state index contributed by atoms with van der Waals surface area (Å²) in [5, 5.41) is 0. The van der Waals surface area contributed by atoms with Crippen LogP contribution in [0.4, 0.5) is 5.95 Å². The Morgan fingerprint density at radius 1 is 1.42 bits per heavy atom. The Morgan fingerprint density at radius 3 is 3.05 bits per heavy atom. The van der Waals surface area contributed by atoms with Gasteiger partial charge in [-0.15, -0.1) is 6.58 Å². The zero-order chi connectivity index (χ0) is 13.4. The van der Waals surface area contributed by atoms with Crippen LogP contribution in [0.1, 0.15) is 24.1 Å². The van der Waals surface area contributed by atoms with Gasteiger partial charge in [-0.3, -0.25) is 4.90 Å². The average molecular weight is 323 g/mol. The molecule has 4 nitrogen and oxygen atoms in total. The fourth-order valence-electron chi connectivity index (χ4n) is 3.49. The van der Waals surface area contributed by atoms with Crippen LogP contribution < -0.4 is 5.73 Å². The molecule has 1 fully saturated rings. The number of rotatable bonds is 2. The molecular formula is C14H19BrN4. The molecule has 0 radical (unpaired) electrons. The van der Waals surface area contributed by atoms with Crippen LogP contribution >= 0.6 is 15.9 Å². The van der Waals surface area contributed by atoms with Gasteiger partial charge < -0.3 is 5.73 Å². The topological polar surface area (TPSA) is 55.0 Å². The number of piperidine rings is 1. The first-order valence-corrected chi connectivity index (χ1v) is 7.64. The maximum Gasteiger partial charge on any atom is 0.221 e. The molecule has 0 unspecified atom stereocenters. The third kappa shape index (κ3) is 2.41. The Hall–Kier alpha value is -0.940. The SMILES string of the molecule is C=CCN1CCC[C@H]2Cc3nc(N)nc(Br)c3C[C@@H]21. The molecule has 102 valence electrons. The van der Waals surface area contributed by atoms with Crippen molar-refractivity contribution in [2.75, 3.05) is 18.8 Å². The maximum atomic E-state index is 5.75. The summed E-state index contributed by atoms with van der Waals surface area (Å²) in [5.41, 5.74) is 8.13.